The fourth-order valence-corrected chi connectivity index (χ4v) is 3.15. The zero-order valence-corrected chi connectivity index (χ0v) is 16.4. The van der Waals surface area contributed by atoms with Crippen LogP contribution in [0.4, 0.5) is 5.82 Å². The average Bonchev–Trinajstić information content (AvgIpc) is 2.81. The number of fused-ring (bicyclic) bond motifs is 1. The van der Waals surface area contributed by atoms with E-state index in [4.69, 9.17) is 0 Å². The molecule has 0 unspecified atom stereocenters. The van der Waals surface area contributed by atoms with Gasteiger partial charge in [0.2, 0.25) is 0 Å². The van der Waals surface area contributed by atoms with Gasteiger partial charge in [-0.05, 0) is 35.4 Å². The Balaban J connectivity index is 1.82. The number of benzene rings is 2. The summed E-state index contributed by atoms with van der Waals surface area (Å²) in [6, 6.07) is 21.8. The van der Waals surface area contributed by atoms with E-state index in [1.165, 1.54) is 13.2 Å². The Labute approximate surface area is 174 Å². The Hall–Kier alpha value is -4.06. The number of hydrogen-bond acceptors (Lipinski definition) is 6. The predicted octanol–water partition coefficient (Wildman–Crippen LogP) is 4.49. The minimum atomic E-state index is -0.459. The molecule has 4 aromatic rings. The van der Waals surface area contributed by atoms with E-state index in [-0.39, 0.29) is 0 Å². The van der Waals surface area contributed by atoms with Crippen molar-refractivity contribution in [2.75, 3.05) is 12.4 Å². The summed E-state index contributed by atoms with van der Waals surface area (Å²) in [4.78, 5) is 25.1. The van der Waals surface area contributed by atoms with Crippen LogP contribution in [0.3, 0.4) is 0 Å². The topological polar surface area (TPSA) is 77.0 Å². The van der Waals surface area contributed by atoms with Crippen LogP contribution in [0.15, 0.2) is 79.0 Å². The standard InChI is InChI=1S/C24H20N4O2/c1-30-22(29)14-13-21-27-20-12-7-11-19(17-8-3-2-4-9-17)23(20)24(28-21)26-16-18-10-5-6-15-25-18/h2-15H,16H2,1H3,(H,26,27,28). The summed E-state index contributed by atoms with van der Waals surface area (Å²) in [6.07, 6.45) is 4.62. The molecule has 0 aliphatic rings. The molecular formula is C24H20N4O2. The molecule has 0 aliphatic carbocycles. The molecule has 0 bridgehead atoms. The van der Waals surface area contributed by atoms with Crippen LogP contribution in [0, 0.1) is 0 Å². The van der Waals surface area contributed by atoms with Gasteiger partial charge in [0.25, 0.3) is 0 Å². The molecule has 6 heteroatoms. The third-order valence-corrected chi connectivity index (χ3v) is 4.56. The van der Waals surface area contributed by atoms with Crippen LogP contribution in [0.1, 0.15) is 11.5 Å². The highest BCUT2D eigenvalue weighted by molar-refractivity contribution is 6.02. The number of aromatic nitrogens is 3. The third-order valence-electron chi connectivity index (χ3n) is 4.56. The molecule has 2 heterocycles. The van der Waals surface area contributed by atoms with Gasteiger partial charge in [0.15, 0.2) is 5.82 Å². The van der Waals surface area contributed by atoms with E-state index in [0.29, 0.717) is 18.2 Å². The Morgan fingerprint density at radius 2 is 1.83 bits per heavy atom. The van der Waals surface area contributed by atoms with Gasteiger partial charge in [-0.15, -0.1) is 0 Å². The van der Waals surface area contributed by atoms with Crippen molar-refractivity contribution >= 4 is 28.8 Å². The number of hydrogen-bond donors (Lipinski definition) is 1. The number of carbonyl (C=O) groups excluding carboxylic acids is 1. The largest absolute Gasteiger partial charge is 0.466 e. The summed E-state index contributed by atoms with van der Waals surface area (Å²) in [7, 11) is 1.33. The van der Waals surface area contributed by atoms with Gasteiger partial charge in [-0.1, -0.05) is 48.5 Å². The second-order valence-corrected chi connectivity index (χ2v) is 6.53. The molecule has 30 heavy (non-hydrogen) atoms. The summed E-state index contributed by atoms with van der Waals surface area (Å²) >= 11 is 0. The number of anilines is 1. The molecule has 2 aromatic heterocycles. The Bertz CT molecular complexity index is 1190. The van der Waals surface area contributed by atoms with E-state index in [1.54, 1.807) is 12.3 Å². The number of nitrogens with zero attached hydrogens (tertiary/aromatic N) is 3. The van der Waals surface area contributed by atoms with Crippen LogP contribution in [-0.2, 0) is 16.1 Å². The number of methoxy groups -OCH3 is 1. The molecule has 0 saturated carbocycles. The maximum atomic E-state index is 11.5. The maximum Gasteiger partial charge on any atom is 0.330 e. The van der Waals surface area contributed by atoms with E-state index in [9.17, 15) is 4.79 Å². The van der Waals surface area contributed by atoms with Gasteiger partial charge in [-0.25, -0.2) is 14.8 Å². The average molecular weight is 396 g/mol. The van der Waals surface area contributed by atoms with Gasteiger partial charge in [0.1, 0.15) is 5.82 Å². The Kier molecular flexibility index (Phi) is 5.75. The molecule has 0 aliphatic heterocycles. The predicted molar refractivity (Wildman–Crippen MR) is 118 cm³/mol. The molecular weight excluding hydrogens is 376 g/mol. The fraction of sp³-hybridized carbons (Fsp3) is 0.0833. The SMILES string of the molecule is COC(=O)C=Cc1nc(NCc2ccccn2)c2c(-c3ccccc3)cccc2n1. The van der Waals surface area contributed by atoms with Crippen molar-refractivity contribution in [2.24, 2.45) is 0 Å². The summed E-state index contributed by atoms with van der Waals surface area (Å²) in [5.41, 5.74) is 3.78. The monoisotopic (exact) mass is 396 g/mol. The Morgan fingerprint density at radius 3 is 2.60 bits per heavy atom. The van der Waals surface area contributed by atoms with Gasteiger partial charge in [0.05, 0.1) is 30.3 Å². The summed E-state index contributed by atoms with van der Waals surface area (Å²) in [6.45, 7) is 0.510. The van der Waals surface area contributed by atoms with Crippen LogP contribution in [0.25, 0.3) is 28.1 Å². The molecule has 0 atom stereocenters. The van der Waals surface area contributed by atoms with Gasteiger partial charge < -0.3 is 10.1 Å². The first-order valence-corrected chi connectivity index (χ1v) is 9.50. The van der Waals surface area contributed by atoms with E-state index in [1.807, 2.05) is 48.5 Å². The normalized spacial score (nSPS) is 11.0. The van der Waals surface area contributed by atoms with Crippen LogP contribution < -0.4 is 5.32 Å². The second kappa shape index (κ2) is 8.96. The van der Waals surface area contributed by atoms with E-state index >= 15 is 0 Å². The molecule has 4 rings (SSSR count). The van der Waals surface area contributed by atoms with Crippen LogP contribution in [-0.4, -0.2) is 28.0 Å². The first-order valence-electron chi connectivity index (χ1n) is 9.50. The number of pyridine rings is 1. The minimum Gasteiger partial charge on any atom is -0.466 e. The van der Waals surface area contributed by atoms with Crippen molar-refractivity contribution in [2.45, 2.75) is 6.54 Å². The molecule has 0 radical (unpaired) electrons. The number of rotatable bonds is 6. The lowest BCUT2D eigenvalue weighted by atomic mass is 10.0. The van der Waals surface area contributed by atoms with E-state index in [0.717, 1.165) is 27.7 Å². The highest BCUT2D eigenvalue weighted by Gasteiger charge is 2.13. The van der Waals surface area contributed by atoms with Gasteiger partial charge >= 0.3 is 5.97 Å². The molecule has 148 valence electrons. The quantitative estimate of drug-likeness (QED) is 0.382. The number of nitrogens with one attached hydrogen (secondary N) is 1. The highest BCUT2D eigenvalue weighted by Crippen LogP contribution is 2.32. The highest BCUT2D eigenvalue weighted by atomic mass is 16.5. The summed E-state index contributed by atoms with van der Waals surface area (Å²) in [5, 5.41) is 4.30. The van der Waals surface area contributed by atoms with Crippen LogP contribution >= 0.6 is 0 Å². The van der Waals surface area contributed by atoms with Crippen LogP contribution in [0.2, 0.25) is 0 Å². The van der Waals surface area contributed by atoms with E-state index in [2.05, 4.69) is 43.2 Å². The molecule has 0 saturated heterocycles. The smallest absolute Gasteiger partial charge is 0.330 e. The lowest BCUT2D eigenvalue weighted by molar-refractivity contribution is -0.134. The van der Waals surface area contributed by atoms with Crippen molar-refractivity contribution in [3.8, 4) is 11.1 Å². The first kappa shape index (κ1) is 19.3. The van der Waals surface area contributed by atoms with Crippen molar-refractivity contribution < 1.29 is 9.53 Å². The van der Waals surface area contributed by atoms with Gasteiger partial charge in [-0.3, -0.25) is 4.98 Å². The summed E-state index contributed by atoms with van der Waals surface area (Å²) < 4.78 is 4.67. The van der Waals surface area contributed by atoms with Gasteiger partial charge in [0, 0.05) is 12.3 Å². The maximum absolute atomic E-state index is 11.5. The van der Waals surface area contributed by atoms with Crippen molar-refractivity contribution in [3.63, 3.8) is 0 Å². The zero-order chi connectivity index (χ0) is 20.8. The Morgan fingerprint density at radius 1 is 1.00 bits per heavy atom. The van der Waals surface area contributed by atoms with Crippen molar-refractivity contribution in [1.29, 1.82) is 0 Å². The fourth-order valence-electron chi connectivity index (χ4n) is 3.15. The minimum absolute atomic E-state index is 0.418. The molecule has 1 N–H and O–H groups in total. The molecule has 0 amide bonds. The van der Waals surface area contributed by atoms with Crippen molar-refractivity contribution in [1.82, 2.24) is 15.0 Å². The number of ether oxygens (including phenoxy) is 1. The van der Waals surface area contributed by atoms with Crippen LogP contribution in [0.5, 0.6) is 0 Å². The van der Waals surface area contributed by atoms with Crippen molar-refractivity contribution in [3.05, 3.63) is 90.5 Å². The number of carbonyl (C=O) groups is 1. The lowest BCUT2D eigenvalue weighted by Gasteiger charge is -2.13. The summed E-state index contributed by atoms with van der Waals surface area (Å²) in [5.74, 6) is 0.635. The second-order valence-electron chi connectivity index (χ2n) is 6.53. The van der Waals surface area contributed by atoms with Gasteiger partial charge in [-0.2, -0.15) is 0 Å². The molecule has 0 fully saturated rings. The lowest BCUT2D eigenvalue weighted by Crippen LogP contribution is -2.06. The number of esters is 1. The molecule has 2 aromatic carbocycles. The zero-order valence-electron chi connectivity index (χ0n) is 16.4. The van der Waals surface area contributed by atoms with E-state index < -0.39 is 5.97 Å². The first-order chi connectivity index (χ1) is 14.7. The molecule has 0 spiro atoms. The third kappa shape index (κ3) is 4.33. The molecule has 6 nitrogen and oxygen atoms in total.